The molecule has 2 rings (SSSR count). The number of methoxy groups -OCH3 is 1. The molecule has 4 nitrogen and oxygen atoms in total. The summed E-state index contributed by atoms with van der Waals surface area (Å²) in [5.41, 5.74) is 0.0650. The summed E-state index contributed by atoms with van der Waals surface area (Å²) in [6.07, 6.45) is -0.511. The average molecular weight is 303 g/mol. The largest absolute Gasteiger partial charge is 0.494 e. The van der Waals surface area contributed by atoms with E-state index in [0.29, 0.717) is 0 Å². The topological polar surface area (TPSA) is 49.8 Å². The standard InChI is InChI=1S/C14H16F3NO3/c1-21-12-3-2-9(6-11(12)15)13(20)18-5-4-14(16,17)10(7-18)8-19/h2-3,6,10,19H,4-5,7-8H2,1H3. The van der Waals surface area contributed by atoms with E-state index in [1.165, 1.54) is 24.1 Å². The van der Waals surface area contributed by atoms with E-state index in [4.69, 9.17) is 9.84 Å². The van der Waals surface area contributed by atoms with Gasteiger partial charge in [-0.2, -0.15) is 0 Å². The van der Waals surface area contributed by atoms with Crippen LogP contribution in [0.15, 0.2) is 18.2 Å². The summed E-state index contributed by atoms with van der Waals surface area (Å²) in [6, 6.07) is 3.71. The van der Waals surface area contributed by atoms with Crippen LogP contribution in [-0.2, 0) is 0 Å². The lowest BCUT2D eigenvalue weighted by atomic mass is 9.94. The first-order valence-corrected chi connectivity index (χ1v) is 6.50. The van der Waals surface area contributed by atoms with Crippen molar-refractivity contribution < 1.29 is 27.8 Å². The van der Waals surface area contributed by atoms with Gasteiger partial charge in [0.1, 0.15) is 0 Å². The Kier molecular flexibility index (Phi) is 4.41. The summed E-state index contributed by atoms with van der Waals surface area (Å²) in [4.78, 5) is 13.4. The molecular formula is C14H16F3NO3. The molecule has 1 amide bonds. The number of amides is 1. The predicted octanol–water partition coefficient (Wildman–Crippen LogP) is 1.92. The molecule has 0 saturated carbocycles. The highest BCUT2D eigenvalue weighted by atomic mass is 19.3. The fourth-order valence-corrected chi connectivity index (χ4v) is 2.34. The number of hydrogen-bond acceptors (Lipinski definition) is 3. The zero-order chi connectivity index (χ0) is 15.6. The van der Waals surface area contributed by atoms with Crippen LogP contribution in [0.2, 0.25) is 0 Å². The van der Waals surface area contributed by atoms with E-state index in [1.807, 2.05) is 0 Å². The molecule has 21 heavy (non-hydrogen) atoms. The number of halogens is 3. The van der Waals surface area contributed by atoms with Crippen LogP contribution in [0.5, 0.6) is 5.75 Å². The van der Waals surface area contributed by atoms with Crippen molar-refractivity contribution >= 4 is 5.91 Å². The van der Waals surface area contributed by atoms with Crippen LogP contribution in [-0.4, -0.2) is 48.6 Å². The fraction of sp³-hybridized carbons (Fsp3) is 0.500. The number of carbonyl (C=O) groups is 1. The van der Waals surface area contributed by atoms with Gasteiger partial charge in [-0.05, 0) is 18.2 Å². The van der Waals surface area contributed by atoms with Crippen LogP contribution in [0.3, 0.4) is 0 Å². The van der Waals surface area contributed by atoms with Crippen molar-refractivity contribution in [1.82, 2.24) is 4.90 Å². The minimum absolute atomic E-state index is 0.00459. The molecule has 1 saturated heterocycles. The van der Waals surface area contributed by atoms with Gasteiger partial charge in [-0.15, -0.1) is 0 Å². The van der Waals surface area contributed by atoms with Crippen LogP contribution >= 0.6 is 0 Å². The summed E-state index contributed by atoms with van der Waals surface area (Å²) < 4.78 is 45.3. The van der Waals surface area contributed by atoms with Gasteiger partial charge in [0.25, 0.3) is 11.8 Å². The maximum atomic E-state index is 13.6. The van der Waals surface area contributed by atoms with Crippen molar-refractivity contribution in [1.29, 1.82) is 0 Å². The van der Waals surface area contributed by atoms with Crippen molar-refractivity contribution in [2.45, 2.75) is 12.3 Å². The third kappa shape index (κ3) is 3.12. The first-order chi connectivity index (χ1) is 9.89. The van der Waals surface area contributed by atoms with E-state index in [1.54, 1.807) is 0 Å². The number of hydrogen-bond donors (Lipinski definition) is 1. The zero-order valence-corrected chi connectivity index (χ0v) is 11.5. The second kappa shape index (κ2) is 5.93. The van der Waals surface area contributed by atoms with Crippen molar-refractivity contribution in [2.24, 2.45) is 5.92 Å². The van der Waals surface area contributed by atoms with Gasteiger partial charge >= 0.3 is 0 Å². The van der Waals surface area contributed by atoms with Crippen molar-refractivity contribution in [3.8, 4) is 5.75 Å². The first-order valence-electron chi connectivity index (χ1n) is 6.50. The Labute approximate surface area is 120 Å². The van der Waals surface area contributed by atoms with Crippen LogP contribution < -0.4 is 4.74 Å². The second-order valence-electron chi connectivity index (χ2n) is 4.99. The summed E-state index contributed by atoms with van der Waals surface area (Å²) in [5, 5.41) is 9.01. The van der Waals surface area contributed by atoms with E-state index in [-0.39, 0.29) is 24.4 Å². The molecule has 1 fully saturated rings. The lowest BCUT2D eigenvalue weighted by Gasteiger charge is -2.37. The molecule has 116 valence electrons. The Morgan fingerprint density at radius 2 is 2.24 bits per heavy atom. The van der Waals surface area contributed by atoms with Gasteiger partial charge in [-0.25, -0.2) is 13.2 Å². The van der Waals surface area contributed by atoms with Crippen molar-refractivity contribution in [3.05, 3.63) is 29.6 Å². The van der Waals surface area contributed by atoms with Crippen LogP contribution in [0.25, 0.3) is 0 Å². The van der Waals surface area contributed by atoms with Gasteiger partial charge in [0.15, 0.2) is 11.6 Å². The number of aliphatic hydroxyl groups is 1. The van der Waals surface area contributed by atoms with Gasteiger partial charge in [-0.3, -0.25) is 4.79 Å². The molecule has 0 bridgehead atoms. The van der Waals surface area contributed by atoms with E-state index in [0.717, 1.165) is 6.07 Å². The number of alkyl halides is 2. The number of piperidine rings is 1. The number of likely N-dealkylation sites (tertiary alicyclic amines) is 1. The molecule has 0 aliphatic carbocycles. The first kappa shape index (κ1) is 15.6. The minimum Gasteiger partial charge on any atom is -0.494 e. The Morgan fingerprint density at radius 1 is 1.52 bits per heavy atom. The number of benzene rings is 1. The Morgan fingerprint density at radius 3 is 2.81 bits per heavy atom. The summed E-state index contributed by atoms with van der Waals surface area (Å²) >= 11 is 0. The van der Waals surface area contributed by atoms with Crippen molar-refractivity contribution in [2.75, 3.05) is 26.8 Å². The van der Waals surface area contributed by atoms with Gasteiger partial charge in [0.05, 0.1) is 19.6 Å². The predicted molar refractivity (Wildman–Crippen MR) is 69.0 cm³/mol. The normalized spacial score (nSPS) is 21.2. The van der Waals surface area contributed by atoms with Crippen LogP contribution in [0.4, 0.5) is 13.2 Å². The maximum absolute atomic E-state index is 13.6. The zero-order valence-electron chi connectivity index (χ0n) is 11.5. The van der Waals surface area contributed by atoms with Gasteiger partial charge < -0.3 is 14.7 Å². The van der Waals surface area contributed by atoms with E-state index >= 15 is 0 Å². The third-order valence-corrected chi connectivity index (χ3v) is 3.66. The highest BCUT2D eigenvalue weighted by Crippen LogP contribution is 2.33. The van der Waals surface area contributed by atoms with Crippen LogP contribution in [0.1, 0.15) is 16.8 Å². The molecule has 1 aromatic carbocycles. The average Bonchev–Trinajstić information content (AvgIpc) is 2.46. The van der Waals surface area contributed by atoms with Gasteiger partial charge in [-0.1, -0.05) is 0 Å². The Balaban J connectivity index is 2.15. The van der Waals surface area contributed by atoms with E-state index in [2.05, 4.69) is 0 Å². The monoisotopic (exact) mass is 303 g/mol. The van der Waals surface area contributed by atoms with Crippen LogP contribution in [0, 0.1) is 11.7 Å². The molecule has 0 radical (unpaired) electrons. The molecule has 1 aromatic rings. The summed E-state index contributed by atoms with van der Waals surface area (Å²) in [5.74, 6) is -5.50. The third-order valence-electron chi connectivity index (χ3n) is 3.66. The molecule has 7 heteroatoms. The van der Waals surface area contributed by atoms with E-state index in [9.17, 15) is 18.0 Å². The fourth-order valence-electron chi connectivity index (χ4n) is 2.34. The SMILES string of the molecule is COc1ccc(C(=O)N2CCC(F)(F)C(CO)C2)cc1F. The van der Waals surface area contributed by atoms with Gasteiger partial charge in [0, 0.05) is 25.1 Å². The quantitative estimate of drug-likeness (QED) is 0.928. The number of ether oxygens (including phenoxy) is 1. The Hall–Kier alpha value is -1.76. The lowest BCUT2D eigenvalue weighted by Crippen LogP contribution is -2.50. The molecule has 0 spiro atoms. The molecule has 1 heterocycles. The minimum atomic E-state index is -2.99. The molecule has 0 aromatic heterocycles. The molecule has 1 atom stereocenters. The second-order valence-corrected chi connectivity index (χ2v) is 4.99. The molecule has 1 aliphatic heterocycles. The van der Waals surface area contributed by atoms with Gasteiger partial charge in [0.2, 0.25) is 0 Å². The smallest absolute Gasteiger partial charge is 0.256 e. The number of nitrogens with zero attached hydrogens (tertiary/aromatic N) is 1. The van der Waals surface area contributed by atoms with Crippen molar-refractivity contribution in [3.63, 3.8) is 0 Å². The number of aliphatic hydroxyl groups excluding tert-OH is 1. The lowest BCUT2D eigenvalue weighted by molar-refractivity contribution is -0.113. The summed E-state index contributed by atoms with van der Waals surface area (Å²) in [6.45, 7) is -1.08. The molecule has 1 unspecified atom stereocenters. The molecule has 1 aliphatic rings. The number of carbonyl (C=O) groups excluding carboxylic acids is 1. The summed E-state index contributed by atoms with van der Waals surface area (Å²) in [7, 11) is 1.30. The number of rotatable bonds is 3. The maximum Gasteiger partial charge on any atom is 0.256 e. The van der Waals surface area contributed by atoms with E-state index < -0.39 is 36.6 Å². The molecular weight excluding hydrogens is 287 g/mol. The highest BCUT2D eigenvalue weighted by molar-refractivity contribution is 5.94. The molecule has 1 N–H and O–H groups in total. The highest BCUT2D eigenvalue weighted by Gasteiger charge is 2.44. The Bertz CT molecular complexity index is 536.